The maximum atomic E-state index is 5.98. The maximum Gasteiger partial charge on any atom is 0.0946 e. The molecule has 25 heavy (non-hydrogen) atoms. The topological polar surface area (TPSA) is 17.8 Å². The van der Waals surface area contributed by atoms with Gasteiger partial charge in [0.2, 0.25) is 0 Å². The smallest absolute Gasteiger partial charge is 0.0946 e. The number of rotatable bonds is 7. The fraction of sp³-hybridized carbons (Fsp3) is 0.167. The van der Waals surface area contributed by atoms with Crippen molar-refractivity contribution in [3.63, 3.8) is 0 Å². The Balaban J connectivity index is 0.00000225. The summed E-state index contributed by atoms with van der Waals surface area (Å²) in [6.45, 7) is 0.894. The highest BCUT2D eigenvalue weighted by Crippen LogP contribution is 2.34. The van der Waals surface area contributed by atoms with Gasteiger partial charge in [0.05, 0.1) is 10.9 Å². The summed E-state index contributed by atoms with van der Waals surface area (Å²) >= 11 is 15.7. The Kier molecular flexibility index (Phi) is 8.53. The van der Waals surface area contributed by atoms with Crippen LogP contribution in [0.15, 0.2) is 72.1 Å². The van der Waals surface area contributed by atoms with E-state index < -0.39 is 0 Å². The molecule has 0 aliphatic heterocycles. The van der Waals surface area contributed by atoms with Crippen LogP contribution in [0.2, 0.25) is 10.0 Å². The molecule has 0 spiro atoms. The molecule has 0 amide bonds. The monoisotopic (exact) mass is 430 g/mol. The minimum Gasteiger partial charge on any atom is -0.336 e. The van der Waals surface area contributed by atoms with Gasteiger partial charge in [0.15, 0.2) is 0 Å². The van der Waals surface area contributed by atoms with Crippen LogP contribution in [0.25, 0.3) is 0 Å². The van der Waals surface area contributed by atoms with Gasteiger partial charge in [-0.3, -0.25) is 0 Å². The Hall–Kier alpha value is -0.780. The predicted molar refractivity (Wildman–Crippen MR) is 113 cm³/mol. The lowest BCUT2D eigenvalue weighted by Crippen LogP contribution is -2.08. The van der Waals surface area contributed by atoms with E-state index in [0.29, 0.717) is 4.58 Å². The van der Waals surface area contributed by atoms with Crippen LogP contribution in [-0.4, -0.2) is 14.1 Å². The lowest BCUT2D eigenvalue weighted by atomic mass is 10.2. The molecule has 1 atom stereocenters. The first-order valence-electron chi connectivity index (χ1n) is 7.43. The zero-order valence-corrected chi connectivity index (χ0v) is 17.2. The Bertz CT molecular complexity index is 747. The second-order valence-electron chi connectivity index (χ2n) is 5.20. The largest absolute Gasteiger partial charge is 0.336 e. The summed E-state index contributed by atoms with van der Waals surface area (Å²) in [6, 6.07) is 16.0. The van der Waals surface area contributed by atoms with Crippen molar-refractivity contribution < 1.29 is 0 Å². The van der Waals surface area contributed by atoms with E-state index >= 15 is 0 Å². The molecule has 0 aliphatic carbocycles. The van der Waals surface area contributed by atoms with Gasteiger partial charge in [-0.2, -0.15) is 0 Å². The minimum atomic E-state index is 0. The fourth-order valence-electron chi connectivity index (χ4n) is 2.13. The van der Waals surface area contributed by atoms with Gasteiger partial charge in [-0.25, -0.2) is 4.98 Å². The summed E-state index contributed by atoms with van der Waals surface area (Å²) in [5.41, 5.74) is 1.27. The van der Waals surface area contributed by atoms with E-state index in [-0.39, 0.29) is 12.4 Å². The SMILES string of the molecule is Cl.Clc1ccc(CSC(Cn2ccnc2)Sc2ccc(Cl)cc2)cc1. The first kappa shape index (κ1) is 20.5. The van der Waals surface area contributed by atoms with E-state index in [4.69, 9.17) is 23.2 Å². The molecule has 1 aromatic heterocycles. The average molecular weight is 432 g/mol. The number of hydrogen-bond acceptors (Lipinski definition) is 3. The molecule has 132 valence electrons. The normalized spacial score (nSPS) is 11.8. The lowest BCUT2D eigenvalue weighted by molar-refractivity contribution is 0.750. The van der Waals surface area contributed by atoms with Crippen LogP contribution < -0.4 is 0 Å². The van der Waals surface area contributed by atoms with E-state index in [1.165, 1.54) is 10.5 Å². The van der Waals surface area contributed by atoms with Crippen molar-refractivity contribution in [2.75, 3.05) is 0 Å². The number of thioether (sulfide) groups is 2. The molecule has 0 saturated carbocycles. The second kappa shape index (κ2) is 10.4. The molecule has 3 aromatic rings. The molecule has 7 heteroatoms. The molecule has 0 N–H and O–H groups in total. The van der Waals surface area contributed by atoms with Crippen LogP contribution in [0.5, 0.6) is 0 Å². The molecule has 2 nitrogen and oxygen atoms in total. The maximum absolute atomic E-state index is 5.98. The summed E-state index contributed by atoms with van der Waals surface area (Å²) in [4.78, 5) is 5.35. The minimum absolute atomic E-state index is 0. The number of benzene rings is 2. The van der Waals surface area contributed by atoms with Crippen LogP contribution in [-0.2, 0) is 12.3 Å². The van der Waals surface area contributed by atoms with Gasteiger partial charge in [-0.15, -0.1) is 35.9 Å². The van der Waals surface area contributed by atoms with Gasteiger partial charge in [0.25, 0.3) is 0 Å². The predicted octanol–water partition coefficient (Wildman–Crippen LogP) is 6.66. The average Bonchev–Trinajstić information content (AvgIpc) is 3.09. The van der Waals surface area contributed by atoms with E-state index in [9.17, 15) is 0 Å². The third kappa shape index (κ3) is 6.80. The molecule has 3 rings (SSSR count). The summed E-state index contributed by atoms with van der Waals surface area (Å²) < 4.78 is 2.48. The first-order chi connectivity index (χ1) is 11.7. The van der Waals surface area contributed by atoms with Gasteiger partial charge >= 0.3 is 0 Å². The van der Waals surface area contributed by atoms with E-state index in [0.717, 1.165) is 22.3 Å². The molecule has 0 bridgehead atoms. The summed E-state index contributed by atoms with van der Waals surface area (Å²) in [5, 5.41) is 1.54. The number of imidazole rings is 1. The molecule has 0 aliphatic rings. The number of halogens is 3. The van der Waals surface area contributed by atoms with Gasteiger partial charge < -0.3 is 4.57 Å². The Morgan fingerprint density at radius 2 is 1.60 bits per heavy atom. The first-order valence-corrected chi connectivity index (χ1v) is 10.1. The molecule has 2 aromatic carbocycles. The molecule has 1 unspecified atom stereocenters. The number of nitrogens with zero attached hydrogens (tertiary/aromatic N) is 2. The van der Waals surface area contributed by atoms with Gasteiger partial charge in [-0.05, 0) is 42.0 Å². The molecule has 0 fully saturated rings. The summed E-state index contributed by atoms with van der Waals surface area (Å²) in [5.74, 6) is 0.942. The number of hydrogen-bond donors (Lipinski definition) is 0. The van der Waals surface area contributed by atoms with Gasteiger partial charge in [0.1, 0.15) is 0 Å². The zero-order valence-electron chi connectivity index (χ0n) is 13.2. The van der Waals surface area contributed by atoms with Crippen molar-refractivity contribution in [1.82, 2.24) is 9.55 Å². The van der Waals surface area contributed by atoms with Gasteiger partial charge in [-0.1, -0.05) is 35.3 Å². The molecule has 0 saturated heterocycles. The van der Waals surface area contributed by atoms with Crippen LogP contribution >= 0.6 is 59.1 Å². The Morgan fingerprint density at radius 3 is 2.20 bits per heavy atom. The van der Waals surface area contributed by atoms with Crippen LogP contribution in [0, 0.1) is 0 Å². The van der Waals surface area contributed by atoms with E-state index in [1.54, 1.807) is 0 Å². The third-order valence-electron chi connectivity index (χ3n) is 3.35. The lowest BCUT2D eigenvalue weighted by Gasteiger charge is -2.17. The van der Waals surface area contributed by atoms with E-state index in [1.807, 2.05) is 66.5 Å². The standard InChI is InChI=1S/C18H16Cl2N2S2.ClH/c19-15-3-1-14(2-4-15)12-23-18(11-22-10-9-21-13-22)24-17-7-5-16(20)6-8-17;/h1-10,13,18H,11-12H2;1H. The van der Waals surface area contributed by atoms with Crippen molar-refractivity contribution in [2.24, 2.45) is 0 Å². The van der Waals surface area contributed by atoms with Crippen molar-refractivity contribution in [2.45, 2.75) is 21.8 Å². The van der Waals surface area contributed by atoms with Crippen LogP contribution in [0.3, 0.4) is 0 Å². The van der Waals surface area contributed by atoms with Crippen molar-refractivity contribution in [3.05, 3.63) is 82.9 Å². The molecule has 0 radical (unpaired) electrons. The summed E-state index contributed by atoms with van der Waals surface area (Å²) in [6.07, 6.45) is 5.67. The van der Waals surface area contributed by atoms with E-state index in [2.05, 4.69) is 33.8 Å². The summed E-state index contributed by atoms with van der Waals surface area (Å²) in [7, 11) is 0. The van der Waals surface area contributed by atoms with Crippen molar-refractivity contribution >= 4 is 59.1 Å². The Morgan fingerprint density at radius 1 is 0.960 bits per heavy atom. The fourth-order valence-corrected chi connectivity index (χ4v) is 4.88. The highest BCUT2D eigenvalue weighted by atomic mass is 35.5. The highest BCUT2D eigenvalue weighted by molar-refractivity contribution is 8.16. The van der Waals surface area contributed by atoms with Crippen LogP contribution in [0.1, 0.15) is 5.56 Å². The molecular weight excluding hydrogens is 415 g/mol. The Labute approximate surface area is 172 Å². The highest BCUT2D eigenvalue weighted by Gasteiger charge is 2.12. The van der Waals surface area contributed by atoms with Crippen LogP contribution in [0.4, 0.5) is 0 Å². The van der Waals surface area contributed by atoms with Crippen molar-refractivity contribution in [3.8, 4) is 0 Å². The second-order valence-corrected chi connectivity index (χ2v) is 8.84. The quantitative estimate of drug-likeness (QED) is 0.307. The third-order valence-corrected chi connectivity index (χ3v) is 6.53. The molecular formula is C18H17Cl3N2S2. The number of aromatic nitrogens is 2. The zero-order chi connectivity index (χ0) is 16.8. The molecule has 1 heterocycles. The van der Waals surface area contributed by atoms with Gasteiger partial charge in [0, 0.05) is 39.6 Å². The van der Waals surface area contributed by atoms with Crippen molar-refractivity contribution in [1.29, 1.82) is 0 Å².